The second-order valence-electron chi connectivity index (χ2n) is 11.7. The fraction of sp³-hybridized carbons (Fsp3) is 0.412. The van der Waals surface area contributed by atoms with Crippen molar-refractivity contribution in [1.82, 2.24) is 21.3 Å². The topological polar surface area (TPSA) is 377 Å². The molecule has 0 aliphatic rings. The van der Waals surface area contributed by atoms with Crippen LogP contribution in [0.15, 0.2) is 70.6 Å². The zero-order chi connectivity index (χ0) is 40.5. The van der Waals surface area contributed by atoms with E-state index in [0.717, 1.165) is 11.1 Å². The molecule has 0 fully saturated rings. The number of carboxylic acid groups (broad SMARTS) is 2. The van der Waals surface area contributed by atoms with Crippen molar-refractivity contribution in [3.8, 4) is 0 Å². The zero-order valence-electron chi connectivity index (χ0n) is 30.2. The molecule has 301 valence electrons. The first-order valence-electron chi connectivity index (χ1n) is 16.9. The molecule has 55 heavy (non-hydrogen) atoms. The van der Waals surface area contributed by atoms with Gasteiger partial charge in [0.1, 0.15) is 12.1 Å². The monoisotopic (exact) mass is 809 g/mol. The van der Waals surface area contributed by atoms with E-state index in [-0.39, 0.29) is 80.9 Å². The quantitative estimate of drug-likeness (QED) is 0.0229. The average Bonchev–Trinajstić information content (AvgIpc) is 3.13. The number of hydrogen-bond donors (Lipinski definition) is 10. The van der Waals surface area contributed by atoms with Gasteiger partial charge in [-0.1, -0.05) is 60.7 Å². The van der Waals surface area contributed by atoms with Gasteiger partial charge in [-0.2, -0.15) is 0 Å². The van der Waals surface area contributed by atoms with Gasteiger partial charge in [-0.3, -0.25) is 29.2 Å². The number of hydrogen-bond acceptors (Lipinski definition) is 12. The molecule has 2 aromatic rings. The van der Waals surface area contributed by atoms with Crippen LogP contribution in [0.25, 0.3) is 0 Å². The van der Waals surface area contributed by atoms with Crippen molar-refractivity contribution in [2.45, 2.75) is 62.7 Å². The first kappa shape index (κ1) is 49.2. The van der Waals surface area contributed by atoms with Crippen LogP contribution in [0.1, 0.15) is 36.8 Å². The van der Waals surface area contributed by atoms with Crippen LogP contribution < -0.4 is 65.9 Å². The van der Waals surface area contributed by atoms with E-state index in [1.807, 2.05) is 0 Å². The molecule has 0 unspecified atom stereocenters. The van der Waals surface area contributed by atoms with Gasteiger partial charge in [-0.05, 0) is 49.7 Å². The number of amides is 4. The molecule has 4 amide bonds. The third-order valence-electron chi connectivity index (χ3n) is 7.33. The molecule has 0 heterocycles. The fourth-order valence-electron chi connectivity index (χ4n) is 4.68. The number of carbonyl (C=O) groups excluding carboxylic acids is 6. The summed E-state index contributed by atoms with van der Waals surface area (Å²) in [6, 6.07) is 13.2. The molecule has 0 aromatic heterocycles. The maximum atomic E-state index is 12.5. The maximum Gasteiger partial charge on any atom is 2.00 e. The molecule has 16 N–H and O–H groups in total. The standard InChI is InChI=1S/2C17H26N6O4.Mn/c2*18-10-14(24)22-12(7-4-8-21-17(19)20)15(25)23-13(16(26)27)9-11-5-2-1-3-6-11;/h2*1-3,5-6,12-13H,4,7-10,18H2,(H,22,24)(H,23,25)(H,26,27)(H4,19,20,21);/q;;+2/p-2/t2*12-,13-;/m00./s1. The molecule has 0 saturated heterocycles. The smallest absolute Gasteiger partial charge is 0.548 e. The molecule has 0 spiro atoms. The van der Waals surface area contributed by atoms with E-state index >= 15 is 0 Å². The number of nitrogens with two attached hydrogens (primary N) is 6. The van der Waals surface area contributed by atoms with Crippen LogP contribution in [0.2, 0.25) is 0 Å². The Hall–Kier alpha value is -5.76. The van der Waals surface area contributed by atoms with Crippen LogP contribution in [0.3, 0.4) is 0 Å². The molecule has 4 atom stereocenters. The summed E-state index contributed by atoms with van der Waals surface area (Å²) in [7, 11) is 0. The minimum atomic E-state index is -1.42. The Balaban J connectivity index is 0.00000104. The van der Waals surface area contributed by atoms with Gasteiger partial charge in [0.15, 0.2) is 11.9 Å². The van der Waals surface area contributed by atoms with Crippen LogP contribution in [0.4, 0.5) is 0 Å². The summed E-state index contributed by atoms with van der Waals surface area (Å²) < 4.78 is 0. The number of carbonyl (C=O) groups is 6. The molecule has 0 bridgehead atoms. The normalized spacial score (nSPS) is 12.3. The summed E-state index contributed by atoms with van der Waals surface area (Å²) in [4.78, 5) is 78.5. The van der Waals surface area contributed by atoms with Crippen LogP contribution in [0, 0.1) is 0 Å². The number of guanidine groups is 2. The number of aliphatic carboxylic acids is 2. The summed E-state index contributed by atoms with van der Waals surface area (Å²) >= 11 is 0. The van der Waals surface area contributed by atoms with E-state index in [9.17, 15) is 39.0 Å². The predicted octanol–water partition coefficient (Wildman–Crippen LogP) is -6.08. The Labute approximate surface area is 329 Å². The van der Waals surface area contributed by atoms with Gasteiger partial charge >= 0.3 is 17.1 Å². The van der Waals surface area contributed by atoms with Gasteiger partial charge in [0.25, 0.3) is 0 Å². The molecule has 0 aliphatic carbocycles. The minimum Gasteiger partial charge on any atom is -0.548 e. The van der Waals surface area contributed by atoms with E-state index in [2.05, 4.69) is 31.3 Å². The van der Waals surface area contributed by atoms with Crippen LogP contribution >= 0.6 is 0 Å². The van der Waals surface area contributed by atoms with Gasteiger partial charge < -0.3 is 75.5 Å². The molecular weight excluding hydrogens is 759 g/mol. The van der Waals surface area contributed by atoms with Gasteiger partial charge in [0.2, 0.25) is 23.6 Å². The Bertz CT molecular complexity index is 1440. The van der Waals surface area contributed by atoms with Crippen LogP contribution in [0.5, 0.6) is 0 Å². The number of nitrogens with zero attached hydrogens (tertiary/aromatic N) is 2. The van der Waals surface area contributed by atoms with Crippen molar-refractivity contribution in [1.29, 1.82) is 0 Å². The second-order valence-corrected chi connectivity index (χ2v) is 11.7. The fourth-order valence-corrected chi connectivity index (χ4v) is 4.68. The minimum absolute atomic E-state index is 0. The summed E-state index contributed by atoms with van der Waals surface area (Å²) in [5, 5.41) is 32.5. The average molecular weight is 810 g/mol. The van der Waals surface area contributed by atoms with Crippen molar-refractivity contribution in [3.05, 3.63) is 71.8 Å². The zero-order valence-corrected chi connectivity index (χ0v) is 31.3. The Morgan fingerprint density at radius 3 is 1.15 bits per heavy atom. The molecular formula is C34H50MnN12O8. The van der Waals surface area contributed by atoms with Crippen molar-refractivity contribution in [2.75, 3.05) is 26.2 Å². The summed E-state index contributed by atoms with van der Waals surface area (Å²) in [5.74, 6) is -5.37. The summed E-state index contributed by atoms with van der Waals surface area (Å²) in [6.45, 7) is -0.0751. The molecule has 20 nitrogen and oxygen atoms in total. The Morgan fingerprint density at radius 1 is 0.545 bits per heavy atom. The molecule has 21 heteroatoms. The van der Waals surface area contributed by atoms with E-state index in [1.165, 1.54) is 0 Å². The Morgan fingerprint density at radius 2 is 0.873 bits per heavy atom. The van der Waals surface area contributed by atoms with Crippen molar-refractivity contribution in [2.24, 2.45) is 44.4 Å². The molecule has 2 aromatic carbocycles. The van der Waals surface area contributed by atoms with E-state index in [1.54, 1.807) is 60.7 Å². The van der Waals surface area contributed by atoms with Gasteiger partial charge in [0.05, 0.1) is 37.1 Å². The van der Waals surface area contributed by atoms with E-state index in [4.69, 9.17) is 34.4 Å². The SMILES string of the molecule is NCC(=O)N[C@@H](CCCN=C(N)N)C(=O)N[C@@H](Cc1ccccc1)C(=O)[O-].NCC(=O)N[C@@H](CCCN=C(N)N)C(=O)N[C@@H](Cc1ccccc1)C(=O)[O-].[Mn+2]. The van der Waals surface area contributed by atoms with Crippen molar-refractivity contribution in [3.63, 3.8) is 0 Å². The number of rotatable bonds is 22. The largest absolute Gasteiger partial charge is 2.00 e. The Kier molecular flexibility index (Phi) is 24.9. The maximum absolute atomic E-state index is 12.5. The number of benzene rings is 2. The number of aliphatic imine (C=N–C) groups is 2. The second kappa shape index (κ2) is 27.8. The van der Waals surface area contributed by atoms with Crippen LogP contribution in [-0.4, -0.2) is 97.8 Å². The van der Waals surface area contributed by atoms with E-state index < -0.39 is 59.7 Å². The van der Waals surface area contributed by atoms with Gasteiger partial charge in [-0.15, -0.1) is 0 Å². The third kappa shape index (κ3) is 22.1. The van der Waals surface area contributed by atoms with Crippen molar-refractivity contribution < 1.29 is 56.0 Å². The predicted molar refractivity (Wildman–Crippen MR) is 196 cm³/mol. The van der Waals surface area contributed by atoms with Gasteiger partial charge in [-0.25, -0.2) is 0 Å². The van der Waals surface area contributed by atoms with Crippen molar-refractivity contribution >= 4 is 47.5 Å². The molecule has 2 rings (SSSR count). The summed E-state index contributed by atoms with van der Waals surface area (Å²) in [6.07, 6.45) is 1.32. The molecule has 1 radical (unpaired) electrons. The third-order valence-corrected chi connectivity index (χ3v) is 7.33. The van der Waals surface area contributed by atoms with Crippen LogP contribution in [-0.2, 0) is 58.7 Å². The van der Waals surface area contributed by atoms with Gasteiger partial charge in [0, 0.05) is 13.1 Å². The first-order valence-corrected chi connectivity index (χ1v) is 16.9. The number of nitrogens with one attached hydrogen (secondary N) is 4. The number of carboxylic acids is 2. The summed E-state index contributed by atoms with van der Waals surface area (Å²) in [5.41, 5.74) is 32.9. The molecule has 0 saturated carbocycles. The van der Waals surface area contributed by atoms with E-state index in [0.29, 0.717) is 12.8 Å². The first-order chi connectivity index (χ1) is 25.7. The molecule has 0 aliphatic heterocycles.